The lowest BCUT2D eigenvalue weighted by Crippen LogP contribution is -2.19. The first-order valence-corrected chi connectivity index (χ1v) is 12.4. The summed E-state index contributed by atoms with van der Waals surface area (Å²) in [5, 5.41) is 0. The summed E-state index contributed by atoms with van der Waals surface area (Å²) in [4.78, 5) is 13.6. The zero-order valence-corrected chi connectivity index (χ0v) is 21.4. The van der Waals surface area contributed by atoms with Crippen LogP contribution in [0.25, 0.3) is 0 Å². The van der Waals surface area contributed by atoms with Crippen molar-refractivity contribution in [1.29, 1.82) is 0 Å². The average molecular weight is 480 g/mol. The van der Waals surface area contributed by atoms with Crippen molar-refractivity contribution in [2.24, 2.45) is 0 Å². The van der Waals surface area contributed by atoms with Gasteiger partial charge in [-0.2, -0.15) is 0 Å². The highest BCUT2D eigenvalue weighted by Crippen LogP contribution is 2.05. The molecule has 0 rings (SSSR count). The van der Waals surface area contributed by atoms with Gasteiger partial charge in [-0.05, 0) is 20.5 Å². The highest BCUT2D eigenvalue weighted by atomic mass is 16.6. The molecule has 0 bridgehead atoms. The van der Waals surface area contributed by atoms with Crippen LogP contribution in [0.5, 0.6) is 0 Å². The van der Waals surface area contributed by atoms with Crippen LogP contribution in [0.15, 0.2) is 0 Å². The number of unbranched alkanes of at least 4 members (excludes halogenated alkanes) is 4. The molecule has 9 nitrogen and oxygen atoms in total. The fourth-order valence-electron chi connectivity index (χ4n) is 2.61. The first kappa shape index (κ1) is 32.2. The van der Waals surface area contributed by atoms with E-state index in [0.29, 0.717) is 85.7 Å². The molecule has 9 heteroatoms. The summed E-state index contributed by atoms with van der Waals surface area (Å²) in [5.74, 6) is -0.138. The van der Waals surface area contributed by atoms with Gasteiger partial charge in [0.25, 0.3) is 0 Å². The van der Waals surface area contributed by atoms with Crippen molar-refractivity contribution in [3.63, 3.8) is 0 Å². The van der Waals surface area contributed by atoms with E-state index in [0.717, 1.165) is 26.0 Å². The smallest absolute Gasteiger partial charge is 0.305 e. The fraction of sp³-hybridized carbons (Fsp3) is 0.958. The SMILES string of the molecule is CCCCCCCC(=O)OCCOCCOCCOCCOCCOCCOCCN(C)C. The molecule has 0 aliphatic heterocycles. The molecule has 0 aliphatic rings. The monoisotopic (exact) mass is 479 g/mol. The van der Waals surface area contributed by atoms with E-state index in [9.17, 15) is 4.79 Å². The zero-order valence-electron chi connectivity index (χ0n) is 21.4. The Balaban J connectivity index is 3.09. The predicted octanol–water partition coefficient (Wildman–Crippen LogP) is 2.55. The molecule has 0 saturated heterocycles. The van der Waals surface area contributed by atoms with E-state index in [1.165, 1.54) is 19.3 Å². The summed E-state index contributed by atoms with van der Waals surface area (Å²) in [6.45, 7) is 9.83. The molecule has 0 aromatic carbocycles. The molecular formula is C24H49NO8. The maximum Gasteiger partial charge on any atom is 0.305 e. The van der Waals surface area contributed by atoms with Crippen molar-refractivity contribution in [2.45, 2.75) is 45.4 Å². The van der Waals surface area contributed by atoms with Crippen LogP contribution in [0.3, 0.4) is 0 Å². The van der Waals surface area contributed by atoms with Crippen LogP contribution in [0.4, 0.5) is 0 Å². The second-order valence-corrected chi connectivity index (χ2v) is 7.86. The Morgan fingerprint density at radius 3 is 1.36 bits per heavy atom. The van der Waals surface area contributed by atoms with Gasteiger partial charge in [-0.1, -0.05) is 32.6 Å². The number of hydrogen-bond acceptors (Lipinski definition) is 9. The number of carbonyl (C=O) groups is 1. The lowest BCUT2D eigenvalue weighted by molar-refractivity contribution is -0.145. The number of carbonyl (C=O) groups excluding carboxylic acids is 1. The minimum atomic E-state index is -0.138. The third-order valence-electron chi connectivity index (χ3n) is 4.52. The third kappa shape index (κ3) is 29.2. The molecule has 0 unspecified atom stereocenters. The summed E-state index contributed by atoms with van der Waals surface area (Å²) in [6, 6.07) is 0. The van der Waals surface area contributed by atoms with Gasteiger partial charge in [-0.3, -0.25) is 4.79 Å². The van der Waals surface area contributed by atoms with Crippen molar-refractivity contribution in [3.8, 4) is 0 Å². The van der Waals surface area contributed by atoms with Crippen LogP contribution in [-0.2, 0) is 38.0 Å². The van der Waals surface area contributed by atoms with Crippen molar-refractivity contribution in [3.05, 3.63) is 0 Å². The molecule has 0 aromatic rings. The van der Waals surface area contributed by atoms with Crippen molar-refractivity contribution >= 4 is 5.97 Å². The minimum Gasteiger partial charge on any atom is -0.463 e. The van der Waals surface area contributed by atoms with Gasteiger partial charge in [0.05, 0.1) is 79.3 Å². The lowest BCUT2D eigenvalue weighted by atomic mass is 10.1. The highest BCUT2D eigenvalue weighted by molar-refractivity contribution is 5.69. The molecule has 0 fully saturated rings. The van der Waals surface area contributed by atoms with Gasteiger partial charge in [-0.15, -0.1) is 0 Å². The van der Waals surface area contributed by atoms with E-state index < -0.39 is 0 Å². The van der Waals surface area contributed by atoms with Gasteiger partial charge in [0.15, 0.2) is 0 Å². The van der Waals surface area contributed by atoms with Gasteiger partial charge in [0.2, 0.25) is 0 Å². The molecule has 198 valence electrons. The van der Waals surface area contributed by atoms with Crippen LogP contribution < -0.4 is 0 Å². The molecule has 33 heavy (non-hydrogen) atoms. The van der Waals surface area contributed by atoms with Gasteiger partial charge in [-0.25, -0.2) is 0 Å². The van der Waals surface area contributed by atoms with E-state index >= 15 is 0 Å². The van der Waals surface area contributed by atoms with Crippen LogP contribution in [0.1, 0.15) is 45.4 Å². The predicted molar refractivity (Wildman–Crippen MR) is 128 cm³/mol. The van der Waals surface area contributed by atoms with Crippen LogP contribution in [0, 0.1) is 0 Å². The number of esters is 1. The number of rotatable bonds is 27. The Labute approximate surface area is 201 Å². The molecule has 0 radical (unpaired) electrons. The van der Waals surface area contributed by atoms with Gasteiger partial charge in [0, 0.05) is 13.0 Å². The van der Waals surface area contributed by atoms with E-state index in [2.05, 4.69) is 11.8 Å². The topological polar surface area (TPSA) is 84.9 Å². The number of hydrogen-bond donors (Lipinski definition) is 0. The second kappa shape index (κ2) is 27.4. The molecule has 0 amide bonds. The number of likely N-dealkylation sites (N-methyl/N-ethyl adjacent to an activating group) is 1. The van der Waals surface area contributed by atoms with Gasteiger partial charge >= 0.3 is 5.97 Å². The van der Waals surface area contributed by atoms with Crippen LogP contribution >= 0.6 is 0 Å². The van der Waals surface area contributed by atoms with E-state index in [1.807, 2.05) is 14.1 Å². The first-order valence-electron chi connectivity index (χ1n) is 12.4. The molecule has 0 saturated carbocycles. The summed E-state index contributed by atoms with van der Waals surface area (Å²) >= 11 is 0. The standard InChI is InChI=1S/C24H49NO8/c1-4-5-6-7-8-9-24(26)33-23-22-32-21-20-31-19-18-30-17-16-29-15-14-28-13-12-27-11-10-25(2)3/h4-23H2,1-3H3. The van der Waals surface area contributed by atoms with Gasteiger partial charge in [0.1, 0.15) is 6.61 Å². The summed E-state index contributed by atoms with van der Waals surface area (Å²) < 4.78 is 37.7. The maximum absolute atomic E-state index is 11.5. The minimum absolute atomic E-state index is 0.138. The summed E-state index contributed by atoms with van der Waals surface area (Å²) in [7, 11) is 4.04. The third-order valence-corrected chi connectivity index (χ3v) is 4.52. The number of ether oxygens (including phenoxy) is 7. The maximum atomic E-state index is 11.5. The quantitative estimate of drug-likeness (QED) is 0.130. The normalized spacial score (nSPS) is 11.4. The molecule has 0 heterocycles. The van der Waals surface area contributed by atoms with Crippen molar-refractivity contribution in [1.82, 2.24) is 4.90 Å². The molecule has 0 aliphatic carbocycles. The number of nitrogens with zero attached hydrogens (tertiary/aromatic N) is 1. The van der Waals surface area contributed by atoms with Crippen molar-refractivity contribution < 1.29 is 38.0 Å². The van der Waals surface area contributed by atoms with Crippen molar-refractivity contribution in [2.75, 3.05) is 107 Å². The molecule has 0 N–H and O–H groups in total. The van der Waals surface area contributed by atoms with E-state index in [4.69, 9.17) is 33.2 Å². The Bertz CT molecular complexity index is 399. The first-order chi connectivity index (χ1) is 16.2. The van der Waals surface area contributed by atoms with Gasteiger partial charge < -0.3 is 38.1 Å². The lowest BCUT2D eigenvalue weighted by Gasteiger charge is -2.10. The largest absolute Gasteiger partial charge is 0.463 e. The second-order valence-electron chi connectivity index (χ2n) is 7.86. The fourth-order valence-corrected chi connectivity index (χ4v) is 2.61. The summed E-state index contributed by atoms with van der Waals surface area (Å²) in [5.41, 5.74) is 0. The van der Waals surface area contributed by atoms with Crippen LogP contribution in [0.2, 0.25) is 0 Å². The Morgan fingerprint density at radius 2 is 0.939 bits per heavy atom. The molecule has 0 spiro atoms. The highest BCUT2D eigenvalue weighted by Gasteiger charge is 2.02. The zero-order chi connectivity index (χ0) is 24.2. The Morgan fingerprint density at radius 1 is 0.545 bits per heavy atom. The molecule has 0 atom stereocenters. The average Bonchev–Trinajstić information content (AvgIpc) is 2.79. The van der Waals surface area contributed by atoms with E-state index in [-0.39, 0.29) is 5.97 Å². The van der Waals surface area contributed by atoms with Crippen LogP contribution in [-0.4, -0.2) is 117 Å². The Kier molecular flexibility index (Phi) is 26.8. The summed E-state index contributed by atoms with van der Waals surface area (Å²) in [6.07, 6.45) is 6.13. The van der Waals surface area contributed by atoms with E-state index in [1.54, 1.807) is 0 Å². The molecular weight excluding hydrogens is 430 g/mol. The molecule has 0 aromatic heterocycles. The Hall–Kier alpha value is -0.810.